The Morgan fingerprint density at radius 2 is 2.11 bits per heavy atom. The molecule has 2 heterocycles. The van der Waals surface area contributed by atoms with Gasteiger partial charge in [-0.2, -0.15) is 0 Å². The molecule has 1 aromatic rings. The number of pyridine rings is 1. The second kappa shape index (κ2) is 6.27. The molecule has 4 nitrogen and oxygen atoms in total. The molecule has 0 amide bonds. The summed E-state index contributed by atoms with van der Waals surface area (Å²) in [6.07, 6.45) is 4.40. The van der Waals surface area contributed by atoms with Crippen molar-refractivity contribution in [2.45, 2.75) is 32.0 Å². The Labute approximate surface area is 110 Å². The topological polar surface area (TPSA) is 45.4 Å². The summed E-state index contributed by atoms with van der Waals surface area (Å²) in [5, 5.41) is 0. The highest BCUT2D eigenvalue weighted by molar-refractivity contribution is 5.16. The molecular formula is C14H24N4. The molecule has 1 aromatic heterocycles. The molecule has 0 spiro atoms. The molecule has 0 unspecified atom stereocenters. The third kappa shape index (κ3) is 3.51. The van der Waals surface area contributed by atoms with Crippen LogP contribution in [-0.4, -0.2) is 48.0 Å². The first-order chi connectivity index (χ1) is 8.69. The van der Waals surface area contributed by atoms with Gasteiger partial charge in [0, 0.05) is 25.3 Å². The standard InChI is InChI=1S/C14H24N4/c1-17(2)14-4-7-18(8-5-14)11-12-3-6-16-13(9-12)10-15/h3,6,9,14H,4-5,7-8,10-11,15H2,1-2H3. The summed E-state index contributed by atoms with van der Waals surface area (Å²) < 4.78 is 0. The molecule has 100 valence electrons. The van der Waals surface area contributed by atoms with Crippen LogP contribution in [0, 0.1) is 0 Å². The van der Waals surface area contributed by atoms with Gasteiger partial charge in [-0.05, 0) is 57.7 Å². The molecule has 1 fully saturated rings. The molecule has 0 bridgehead atoms. The van der Waals surface area contributed by atoms with Gasteiger partial charge in [0.15, 0.2) is 0 Å². The van der Waals surface area contributed by atoms with Crippen molar-refractivity contribution in [3.63, 3.8) is 0 Å². The molecule has 0 radical (unpaired) electrons. The molecule has 0 saturated carbocycles. The number of aromatic nitrogens is 1. The molecule has 0 aromatic carbocycles. The summed E-state index contributed by atoms with van der Waals surface area (Å²) in [6.45, 7) is 3.92. The van der Waals surface area contributed by atoms with E-state index in [1.54, 1.807) is 0 Å². The van der Waals surface area contributed by atoms with Crippen LogP contribution in [0.25, 0.3) is 0 Å². The Balaban J connectivity index is 1.87. The summed E-state index contributed by atoms with van der Waals surface area (Å²) in [7, 11) is 4.35. The van der Waals surface area contributed by atoms with E-state index < -0.39 is 0 Å². The smallest absolute Gasteiger partial charge is 0.0542 e. The van der Waals surface area contributed by atoms with Gasteiger partial charge < -0.3 is 10.6 Å². The number of nitrogens with two attached hydrogens (primary N) is 1. The van der Waals surface area contributed by atoms with Gasteiger partial charge in [-0.3, -0.25) is 9.88 Å². The highest BCUT2D eigenvalue weighted by Gasteiger charge is 2.20. The summed E-state index contributed by atoms with van der Waals surface area (Å²) in [5.41, 5.74) is 7.93. The average Bonchev–Trinajstić information content (AvgIpc) is 2.39. The molecule has 18 heavy (non-hydrogen) atoms. The van der Waals surface area contributed by atoms with Crippen LogP contribution in [0.2, 0.25) is 0 Å². The van der Waals surface area contributed by atoms with Crippen molar-refractivity contribution in [3.05, 3.63) is 29.6 Å². The van der Waals surface area contributed by atoms with Crippen molar-refractivity contribution < 1.29 is 0 Å². The van der Waals surface area contributed by atoms with Crippen molar-refractivity contribution in [1.29, 1.82) is 0 Å². The second-order valence-electron chi connectivity index (χ2n) is 5.33. The van der Waals surface area contributed by atoms with Crippen LogP contribution in [0.15, 0.2) is 18.3 Å². The quantitative estimate of drug-likeness (QED) is 0.865. The van der Waals surface area contributed by atoms with E-state index in [-0.39, 0.29) is 0 Å². The van der Waals surface area contributed by atoms with Gasteiger partial charge in [-0.15, -0.1) is 0 Å². The van der Waals surface area contributed by atoms with Crippen molar-refractivity contribution in [2.75, 3.05) is 27.2 Å². The molecule has 1 aliphatic rings. The highest BCUT2D eigenvalue weighted by atomic mass is 15.2. The summed E-state index contributed by atoms with van der Waals surface area (Å²) in [4.78, 5) is 9.10. The van der Waals surface area contributed by atoms with Crippen LogP contribution < -0.4 is 5.73 Å². The number of likely N-dealkylation sites (tertiary alicyclic amines) is 1. The molecule has 0 atom stereocenters. The second-order valence-corrected chi connectivity index (χ2v) is 5.33. The van der Waals surface area contributed by atoms with E-state index in [0.29, 0.717) is 6.54 Å². The zero-order valence-electron chi connectivity index (χ0n) is 11.5. The molecule has 0 aliphatic carbocycles. The third-order valence-electron chi connectivity index (χ3n) is 3.78. The lowest BCUT2D eigenvalue weighted by Crippen LogP contribution is -2.41. The highest BCUT2D eigenvalue weighted by Crippen LogP contribution is 2.16. The van der Waals surface area contributed by atoms with E-state index in [9.17, 15) is 0 Å². The first kappa shape index (κ1) is 13.5. The Kier molecular flexibility index (Phi) is 4.69. The Morgan fingerprint density at radius 3 is 2.72 bits per heavy atom. The van der Waals surface area contributed by atoms with Gasteiger partial charge in [0.25, 0.3) is 0 Å². The van der Waals surface area contributed by atoms with Crippen molar-refractivity contribution in [2.24, 2.45) is 5.73 Å². The number of piperidine rings is 1. The van der Waals surface area contributed by atoms with Crippen LogP contribution in [0.1, 0.15) is 24.1 Å². The monoisotopic (exact) mass is 248 g/mol. The normalized spacial score (nSPS) is 18.4. The third-order valence-corrected chi connectivity index (χ3v) is 3.78. The SMILES string of the molecule is CN(C)C1CCN(Cc2ccnc(CN)c2)CC1. The molecule has 2 N–H and O–H groups in total. The van der Waals surface area contributed by atoms with E-state index >= 15 is 0 Å². The zero-order chi connectivity index (χ0) is 13.0. The molecular weight excluding hydrogens is 224 g/mol. The summed E-state index contributed by atoms with van der Waals surface area (Å²) in [5.74, 6) is 0. The van der Waals surface area contributed by atoms with Crippen LogP contribution >= 0.6 is 0 Å². The Bertz CT molecular complexity index is 370. The minimum Gasteiger partial charge on any atom is -0.325 e. The number of hydrogen-bond acceptors (Lipinski definition) is 4. The van der Waals surface area contributed by atoms with E-state index in [0.717, 1.165) is 18.3 Å². The van der Waals surface area contributed by atoms with Gasteiger partial charge in [-0.25, -0.2) is 0 Å². The van der Waals surface area contributed by atoms with Crippen molar-refractivity contribution in [3.8, 4) is 0 Å². The number of nitrogens with zero attached hydrogens (tertiary/aromatic N) is 3. The largest absolute Gasteiger partial charge is 0.325 e. The van der Waals surface area contributed by atoms with Gasteiger partial charge >= 0.3 is 0 Å². The van der Waals surface area contributed by atoms with Gasteiger partial charge in [-0.1, -0.05) is 0 Å². The number of hydrogen-bond donors (Lipinski definition) is 1. The first-order valence-corrected chi connectivity index (χ1v) is 6.71. The van der Waals surface area contributed by atoms with E-state index in [1.165, 1.54) is 31.5 Å². The predicted octanol–water partition coefficient (Wildman–Crippen LogP) is 1.07. The lowest BCUT2D eigenvalue weighted by molar-refractivity contribution is 0.140. The molecule has 4 heteroatoms. The van der Waals surface area contributed by atoms with Gasteiger partial charge in [0.2, 0.25) is 0 Å². The summed E-state index contributed by atoms with van der Waals surface area (Å²) >= 11 is 0. The molecule has 1 saturated heterocycles. The fraction of sp³-hybridized carbons (Fsp3) is 0.643. The molecule has 1 aliphatic heterocycles. The minimum atomic E-state index is 0.524. The lowest BCUT2D eigenvalue weighted by atomic mass is 10.0. The zero-order valence-corrected chi connectivity index (χ0v) is 11.5. The lowest BCUT2D eigenvalue weighted by Gasteiger charge is -2.35. The van der Waals surface area contributed by atoms with E-state index in [1.807, 2.05) is 6.20 Å². The maximum absolute atomic E-state index is 5.62. The summed E-state index contributed by atoms with van der Waals surface area (Å²) in [6, 6.07) is 4.97. The Hall–Kier alpha value is -0.970. The maximum Gasteiger partial charge on any atom is 0.0542 e. The molecule has 2 rings (SSSR count). The maximum atomic E-state index is 5.62. The minimum absolute atomic E-state index is 0.524. The van der Waals surface area contributed by atoms with E-state index in [2.05, 4.69) is 41.0 Å². The number of rotatable bonds is 4. The average molecular weight is 248 g/mol. The van der Waals surface area contributed by atoms with Gasteiger partial charge in [0.05, 0.1) is 5.69 Å². The van der Waals surface area contributed by atoms with Crippen LogP contribution in [-0.2, 0) is 13.1 Å². The van der Waals surface area contributed by atoms with Crippen LogP contribution in [0.5, 0.6) is 0 Å². The first-order valence-electron chi connectivity index (χ1n) is 6.71. The Morgan fingerprint density at radius 1 is 1.39 bits per heavy atom. The predicted molar refractivity (Wildman–Crippen MR) is 74.1 cm³/mol. The van der Waals surface area contributed by atoms with Crippen LogP contribution in [0.4, 0.5) is 0 Å². The van der Waals surface area contributed by atoms with E-state index in [4.69, 9.17) is 5.73 Å². The van der Waals surface area contributed by atoms with Gasteiger partial charge in [0.1, 0.15) is 0 Å². The van der Waals surface area contributed by atoms with Crippen LogP contribution in [0.3, 0.4) is 0 Å². The fourth-order valence-corrected chi connectivity index (χ4v) is 2.59. The fourth-order valence-electron chi connectivity index (χ4n) is 2.59. The van der Waals surface area contributed by atoms with Crippen molar-refractivity contribution in [1.82, 2.24) is 14.8 Å². The van der Waals surface area contributed by atoms with Crippen molar-refractivity contribution >= 4 is 0 Å².